The second-order valence-corrected chi connectivity index (χ2v) is 11.5. The Morgan fingerprint density at radius 1 is 1.08 bits per heavy atom. The van der Waals surface area contributed by atoms with Gasteiger partial charge in [-0.25, -0.2) is 8.42 Å². The topological polar surface area (TPSA) is 105 Å². The second kappa shape index (κ2) is 14.5. The summed E-state index contributed by atoms with van der Waals surface area (Å²) in [6.07, 6.45) is 2.94. The Hall–Kier alpha value is -2.66. The predicted octanol–water partition coefficient (Wildman–Crippen LogP) is 3.46. The van der Waals surface area contributed by atoms with E-state index in [1.807, 2.05) is 12.1 Å². The lowest BCUT2D eigenvalue weighted by Gasteiger charge is -2.29. The number of halogens is 1. The average Bonchev–Trinajstić information content (AvgIpc) is 2.94. The van der Waals surface area contributed by atoms with E-state index in [9.17, 15) is 18.0 Å². The summed E-state index contributed by atoms with van der Waals surface area (Å²) < 4.78 is 38.0. The van der Waals surface area contributed by atoms with Crippen molar-refractivity contribution < 1.29 is 27.5 Å². The third-order valence-electron chi connectivity index (χ3n) is 6.31. The zero-order valence-corrected chi connectivity index (χ0v) is 23.5. The van der Waals surface area contributed by atoms with Crippen molar-refractivity contribution in [3.8, 4) is 5.75 Å². The highest BCUT2D eigenvalue weighted by atomic mass is 35.5. The Kier molecular flexibility index (Phi) is 11.4. The van der Waals surface area contributed by atoms with Gasteiger partial charge in [0.25, 0.3) is 5.91 Å². The third-order valence-corrected chi connectivity index (χ3v) is 8.47. The van der Waals surface area contributed by atoms with Gasteiger partial charge < -0.3 is 19.7 Å². The van der Waals surface area contributed by atoms with Crippen LogP contribution in [0.1, 0.15) is 38.7 Å². The van der Waals surface area contributed by atoms with Crippen LogP contribution in [-0.4, -0.2) is 74.9 Å². The molecular formula is C27H36ClN3O6S. The fourth-order valence-electron chi connectivity index (χ4n) is 3.98. The highest BCUT2D eigenvalue weighted by Crippen LogP contribution is 2.21. The van der Waals surface area contributed by atoms with Crippen molar-refractivity contribution >= 4 is 33.4 Å². The monoisotopic (exact) mass is 565 g/mol. The summed E-state index contributed by atoms with van der Waals surface area (Å²) in [6, 6.07) is 12.3. The number of nitrogens with zero attached hydrogens (tertiary/aromatic N) is 2. The maximum absolute atomic E-state index is 13.2. The summed E-state index contributed by atoms with van der Waals surface area (Å²) in [5.74, 6) is -0.260. The summed E-state index contributed by atoms with van der Waals surface area (Å²) in [5.41, 5.74) is 0.825. The van der Waals surface area contributed by atoms with E-state index >= 15 is 0 Å². The average molecular weight is 566 g/mol. The molecule has 0 saturated carbocycles. The van der Waals surface area contributed by atoms with Gasteiger partial charge in [0.15, 0.2) is 6.61 Å². The lowest BCUT2D eigenvalue weighted by Crippen LogP contribution is -2.49. The Morgan fingerprint density at radius 3 is 2.37 bits per heavy atom. The van der Waals surface area contributed by atoms with Crippen molar-refractivity contribution in [1.29, 1.82) is 0 Å². The molecule has 2 aromatic carbocycles. The van der Waals surface area contributed by atoms with Crippen LogP contribution in [0, 0.1) is 0 Å². The number of hydrogen-bond donors (Lipinski definition) is 1. The molecule has 0 aliphatic carbocycles. The van der Waals surface area contributed by atoms with E-state index in [1.165, 1.54) is 33.5 Å². The first-order chi connectivity index (χ1) is 18.2. The summed E-state index contributed by atoms with van der Waals surface area (Å²) in [4.78, 5) is 27.6. The maximum Gasteiger partial charge on any atom is 0.261 e. The number of amides is 2. The number of sulfonamides is 1. The molecule has 11 heteroatoms. The van der Waals surface area contributed by atoms with Gasteiger partial charge in [0.2, 0.25) is 15.9 Å². The van der Waals surface area contributed by atoms with E-state index in [1.54, 1.807) is 19.1 Å². The van der Waals surface area contributed by atoms with Gasteiger partial charge in [-0.15, -0.1) is 0 Å². The minimum Gasteiger partial charge on any atom is -0.484 e. The van der Waals surface area contributed by atoms with Crippen molar-refractivity contribution in [2.75, 3.05) is 39.5 Å². The van der Waals surface area contributed by atoms with Crippen LogP contribution < -0.4 is 10.1 Å². The van der Waals surface area contributed by atoms with Crippen LogP contribution in [-0.2, 0) is 30.9 Å². The molecule has 2 aromatic rings. The molecule has 0 aromatic heterocycles. The Bertz CT molecular complexity index is 1150. The highest BCUT2D eigenvalue weighted by molar-refractivity contribution is 7.89. The minimum absolute atomic E-state index is 0.149. The number of rotatable bonds is 13. The quantitative estimate of drug-likeness (QED) is 0.373. The van der Waals surface area contributed by atoms with E-state index in [2.05, 4.69) is 12.2 Å². The molecule has 1 aliphatic rings. The molecule has 1 atom stereocenters. The lowest BCUT2D eigenvalue weighted by atomic mass is 10.1. The molecular weight excluding hydrogens is 530 g/mol. The van der Waals surface area contributed by atoms with Gasteiger partial charge in [-0.2, -0.15) is 4.31 Å². The van der Waals surface area contributed by atoms with Gasteiger partial charge in [-0.1, -0.05) is 43.5 Å². The van der Waals surface area contributed by atoms with Crippen molar-refractivity contribution in [2.45, 2.75) is 50.6 Å². The summed E-state index contributed by atoms with van der Waals surface area (Å²) >= 11 is 6.00. The van der Waals surface area contributed by atoms with E-state index in [-0.39, 0.29) is 29.9 Å². The Morgan fingerprint density at radius 2 is 1.74 bits per heavy atom. The fraction of sp³-hybridized carbons (Fsp3) is 0.481. The Labute approximate surface area is 230 Å². The van der Waals surface area contributed by atoms with Gasteiger partial charge in [-0.3, -0.25) is 9.59 Å². The normalized spacial score (nSPS) is 15.0. The first-order valence-electron chi connectivity index (χ1n) is 12.8. The predicted molar refractivity (Wildman–Crippen MR) is 146 cm³/mol. The van der Waals surface area contributed by atoms with Gasteiger partial charge in [-0.05, 0) is 55.3 Å². The summed E-state index contributed by atoms with van der Waals surface area (Å²) in [6.45, 7) is 5.58. The smallest absolute Gasteiger partial charge is 0.261 e. The molecule has 3 rings (SSSR count). The number of benzene rings is 2. The first kappa shape index (κ1) is 29.9. The minimum atomic E-state index is -3.62. The number of carbonyl (C=O) groups excluding carboxylic acids is 2. The van der Waals surface area contributed by atoms with Crippen LogP contribution in [0.25, 0.3) is 0 Å². The van der Waals surface area contributed by atoms with Crippen molar-refractivity contribution in [1.82, 2.24) is 14.5 Å². The van der Waals surface area contributed by atoms with E-state index in [0.29, 0.717) is 43.6 Å². The van der Waals surface area contributed by atoms with Crippen molar-refractivity contribution in [2.24, 2.45) is 0 Å². The molecule has 1 aliphatic heterocycles. The molecule has 1 N–H and O–H groups in total. The van der Waals surface area contributed by atoms with Gasteiger partial charge in [0.05, 0.1) is 18.1 Å². The number of hydrogen-bond acceptors (Lipinski definition) is 6. The number of ether oxygens (including phenoxy) is 2. The van der Waals surface area contributed by atoms with Gasteiger partial charge in [0, 0.05) is 31.2 Å². The van der Waals surface area contributed by atoms with Crippen LogP contribution in [0.4, 0.5) is 0 Å². The molecule has 0 bridgehead atoms. The van der Waals surface area contributed by atoms with Crippen LogP contribution >= 0.6 is 11.6 Å². The second-order valence-electron chi connectivity index (χ2n) is 9.10. The third kappa shape index (κ3) is 8.42. The summed E-state index contributed by atoms with van der Waals surface area (Å²) in [5, 5.41) is 3.48. The van der Waals surface area contributed by atoms with E-state index < -0.39 is 16.1 Å². The number of carbonyl (C=O) groups is 2. The molecule has 1 saturated heterocycles. The van der Waals surface area contributed by atoms with Gasteiger partial charge in [0.1, 0.15) is 11.8 Å². The SMILES string of the molecule is CCCCCNC(=O)[C@@H](C)N(Cc1ccc(Cl)cc1)C(=O)COc1ccc(S(=O)(=O)N2CCOCC2)cc1. The van der Waals surface area contributed by atoms with Crippen LogP contribution in [0.15, 0.2) is 53.4 Å². The van der Waals surface area contributed by atoms with E-state index in [4.69, 9.17) is 21.1 Å². The molecule has 0 spiro atoms. The largest absolute Gasteiger partial charge is 0.484 e. The first-order valence-corrected chi connectivity index (χ1v) is 14.7. The molecule has 9 nitrogen and oxygen atoms in total. The molecule has 2 amide bonds. The molecule has 0 radical (unpaired) electrons. The fourth-order valence-corrected chi connectivity index (χ4v) is 5.51. The lowest BCUT2D eigenvalue weighted by molar-refractivity contribution is -0.142. The van der Waals surface area contributed by atoms with Crippen molar-refractivity contribution in [3.05, 3.63) is 59.1 Å². The number of unbranched alkanes of at least 4 members (excludes halogenated alkanes) is 2. The van der Waals surface area contributed by atoms with Gasteiger partial charge >= 0.3 is 0 Å². The van der Waals surface area contributed by atoms with Crippen LogP contribution in [0.2, 0.25) is 5.02 Å². The molecule has 38 heavy (non-hydrogen) atoms. The standard InChI is InChI=1S/C27H36ClN3O6S/c1-3-4-5-14-29-27(33)21(2)31(19-22-6-8-23(28)9-7-22)26(32)20-37-24-10-12-25(13-11-24)38(34,35)30-15-17-36-18-16-30/h6-13,21H,3-5,14-20H2,1-2H3,(H,29,33)/t21-/m1/s1. The summed E-state index contributed by atoms with van der Waals surface area (Å²) in [7, 11) is -3.62. The highest BCUT2D eigenvalue weighted by Gasteiger charge is 2.28. The molecule has 0 unspecified atom stereocenters. The molecule has 208 valence electrons. The number of morpholine rings is 1. The van der Waals surface area contributed by atoms with Crippen LogP contribution in [0.3, 0.4) is 0 Å². The maximum atomic E-state index is 13.2. The molecule has 1 fully saturated rings. The van der Waals surface area contributed by atoms with Crippen LogP contribution in [0.5, 0.6) is 5.75 Å². The number of nitrogens with one attached hydrogen (secondary N) is 1. The van der Waals surface area contributed by atoms with Crippen molar-refractivity contribution in [3.63, 3.8) is 0 Å². The zero-order chi connectivity index (χ0) is 27.5. The molecule has 1 heterocycles. The Balaban J connectivity index is 1.65. The van der Waals surface area contributed by atoms with E-state index in [0.717, 1.165) is 24.8 Å². The zero-order valence-electron chi connectivity index (χ0n) is 21.9.